The molecule has 1 aromatic carbocycles. The maximum Gasteiger partial charge on any atom is 0.227 e. The summed E-state index contributed by atoms with van der Waals surface area (Å²) in [5.74, 6) is 0.681. The highest BCUT2D eigenvalue weighted by Crippen LogP contribution is 2.41. The maximum atomic E-state index is 14.2. The molecule has 30 heavy (non-hydrogen) atoms. The lowest BCUT2D eigenvalue weighted by molar-refractivity contribution is 0.265. The number of benzene rings is 1. The number of nitrogens with zero attached hydrogens (tertiary/aromatic N) is 3. The number of piperidine rings is 1. The molecule has 3 heterocycles. The Bertz CT molecular complexity index is 1010. The van der Waals surface area contributed by atoms with Gasteiger partial charge in [-0.25, -0.2) is 13.8 Å². The summed E-state index contributed by atoms with van der Waals surface area (Å²) in [4.78, 5) is 12.1. The Hall–Kier alpha value is -2.13. The van der Waals surface area contributed by atoms with Crippen LogP contribution < -0.4 is 10.2 Å². The molecule has 1 atom stereocenters. The molecule has 2 aromatic rings. The van der Waals surface area contributed by atoms with Crippen LogP contribution in [0.4, 0.5) is 20.5 Å². The third-order valence-electron chi connectivity index (χ3n) is 6.40. The first-order valence-electron chi connectivity index (χ1n) is 10.4. The van der Waals surface area contributed by atoms with Gasteiger partial charge in [0.1, 0.15) is 22.3 Å². The number of fused-ring (bicyclic) bond motifs is 1. The van der Waals surface area contributed by atoms with E-state index in [-0.39, 0.29) is 18.1 Å². The molecular formula is C21H24F2N4O2S. The van der Waals surface area contributed by atoms with Gasteiger partial charge in [0.25, 0.3) is 0 Å². The summed E-state index contributed by atoms with van der Waals surface area (Å²) < 4.78 is 39.8. The molecule has 1 aliphatic carbocycles. The van der Waals surface area contributed by atoms with E-state index in [2.05, 4.69) is 15.2 Å². The second-order valence-electron chi connectivity index (χ2n) is 8.44. The molecule has 2 N–H and O–H groups in total. The number of halogens is 2. The molecule has 2 aliphatic heterocycles. The molecular weight excluding hydrogens is 410 g/mol. The summed E-state index contributed by atoms with van der Waals surface area (Å²) in [6.07, 6.45) is 3.81. The second kappa shape index (κ2) is 7.53. The molecule has 2 fully saturated rings. The van der Waals surface area contributed by atoms with Crippen LogP contribution in [0.1, 0.15) is 42.9 Å². The minimum Gasteiger partial charge on any atom is -0.394 e. The molecule has 9 heteroatoms. The first kappa shape index (κ1) is 19.8. The normalized spacial score (nSPS) is 22.8. The Morgan fingerprint density at radius 2 is 2.00 bits per heavy atom. The van der Waals surface area contributed by atoms with Crippen LogP contribution in [0.2, 0.25) is 0 Å². The smallest absolute Gasteiger partial charge is 0.227 e. The molecule has 3 aliphatic rings. The van der Waals surface area contributed by atoms with E-state index in [1.54, 1.807) is 0 Å². The molecule has 0 amide bonds. The summed E-state index contributed by atoms with van der Waals surface area (Å²) in [7, 11) is -1.13. The molecule has 6 nitrogen and oxygen atoms in total. The highest BCUT2D eigenvalue weighted by Gasteiger charge is 2.44. The predicted molar refractivity (Wildman–Crippen MR) is 110 cm³/mol. The van der Waals surface area contributed by atoms with E-state index in [0.717, 1.165) is 37.4 Å². The van der Waals surface area contributed by atoms with Gasteiger partial charge in [-0.05, 0) is 43.2 Å². The molecule has 160 valence electrons. The van der Waals surface area contributed by atoms with Crippen LogP contribution in [0.5, 0.6) is 0 Å². The lowest BCUT2D eigenvalue weighted by Gasteiger charge is -2.33. The van der Waals surface area contributed by atoms with Crippen molar-refractivity contribution in [1.29, 1.82) is 0 Å². The van der Waals surface area contributed by atoms with Crippen molar-refractivity contribution in [3.8, 4) is 0 Å². The standard InChI is InChI=1S/C21H24F2N4O2S/c22-14-1-2-15(16(23)11-14)13-3-8-27(9-4-13)20-24-17-5-10-30(29)18(17)19(25-20)26-21(12-28)6-7-21/h1-2,11,13,28H,3-10,12H2,(H,24,25,26). The second-order valence-corrected chi connectivity index (χ2v) is 9.95. The number of hydrogen-bond donors (Lipinski definition) is 2. The van der Waals surface area contributed by atoms with Gasteiger partial charge in [-0.3, -0.25) is 4.21 Å². The molecule has 0 radical (unpaired) electrons. The van der Waals surface area contributed by atoms with E-state index in [0.29, 0.717) is 47.5 Å². The van der Waals surface area contributed by atoms with E-state index < -0.39 is 22.4 Å². The zero-order chi connectivity index (χ0) is 20.9. The van der Waals surface area contributed by atoms with Crippen LogP contribution in [0.25, 0.3) is 0 Å². The molecule has 1 unspecified atom stereocenters. The van der Waals surface area contributed by atoms with Gasteiger partial charge in [0, 0.05) is 31.3 Å². The highest BCUT2D eigenvalue weighted by atomic mass is 32.2. The fourth-order valence-corrected chi connectivity index (χ4v) is 5.66. The van der Waals surface area contributed by atoms with Gasteiger partial charge in [0.05, 0.1) is 28.6 Å². The number of hydrogen-bond acceptors (Lipinski definition) is 6. The lowest BCUT2D eigenvalue weighted by Crippen LogP contribution is -2.35. The molecule has 0 spiro atoms. The van der Waals surface area contributed by atoms with Crippen molar-refractivity contribution in [2.75, 3.05) is 35.7 Å². The van der Waals surface area contributed by atoms with Gasteiger partial charge in [0.15, 0.2) is 0 Å². The summed E-state index contributed by atoms with van der Waals surface area (Å²) in [6.45, 7) is 1.34. The van der Waals surface area contributed by atoms with Gasteiger partial charge in [0.2, 0.25) is 5.95 Å². The Labute approximate surface area is 176 Å². The van der Waals surface area contributed by atoms with E-state index in [1.807, 2.05) is 0 Å². The van der Waals surface area contributed by atoms with Gasteiger partial charge in [-0.15, -0.1) is 0 Å². The first-order chi connectivity index (χ1) is 14.5. The summed E-state index contributed by atoms with van der Waals surface area (Å²) in [5, 5.41) is 13.0. The number of aliphatic hydroxyl groups excluding tert-OH is 1. The van der Waals surface area contributed by atoms with Crippen molar-refractivity contribution < 1.29 is 18.1 Å². The predicted octanol–water partition coefficient (Wildman–Crippen LogP) is 2.74. The third-order valence-corrected chi connectivity index (χ3v) is 7.86. The largest absolute Gasteiger partial charge is 0.394 e. The highest BCUT2D eigenvalue weighted by molar-refractivity contribution is 7.85. The summed E-state index contributed by atoms with van der Waals surface area (Å²) in [6, 6.07) is 3.79. The average molecular weight is 435 g/mol. The zero-order valence-corrected chi connectivity index (χ0v) is 17.4. The summed E-state index contributed by atoms with van der Waals surface area (Å²) in [5.41, 5.74) is 1.00. The number of aliphatic hydroxyl groups is 1. The molecule has 1 saturated carbocycles. The lowest BCUT2D eigenvalue weighted by atomic mass is 9.89. The maximum absolute atomic E-state index is 14.2. The van der Waals surface area contributed by atoms with Crippen molar-refractivity contribution in [3.05, 3.63) is 41.1 Å². The number of nitrogens with one attached hydrogen (secondary N) is 1. The zero-order valence-electron chi connectivity index (χ0n) is 16.5. The van der Waals surface area contributed by atoms with Gasteiger partial charge < -0.3 is 15.3 Å². The molecule has 0 bridgehead atoms. The Morgan fingerprint density at radius 1 is 1.23 bits per heavy atom. The van der Waals surface area contributed by atoms with E-state index in [1.165, 1.54) is 12.1 Å². The van der Waals surface area contributed by atoms with Crippen molar-refractivity contribution in [1.82, 2.24) is 9.97 Å². The van der Waals surface area contributed by atoms with Gasteiger partial charge in [-0.1, -0.05) is 6.07 Å². The summed E-state index contributed by atoms with van der Waals surface area (Å²) >= 11 is 0. The van der Waals surface area contributed by atoms with Gasteiger partial charge >= 0.3 is 0 Å². The van der Waals surface area contributed by atoms with Crippen LogP contribution in [-0.2, 0) is 17.2 Å². The number of anilines is 2. The van der Waals surface area contributed by atoms with Crippen LogP contribution in [0, 0.1) is 11.6 Å². The first-order valence-corrected chi connectivity index (χ1v) is 11.7. The van der Waals surface area contributed by atoms with E-state index in [4.69, 9.17) is 4.98 Å². The Kier molecular flexibility index (Phi) is 4.97. The van der Waals surface area contributed by atoms with Crippen molar-refractivity contribution in [2.24, 2.45) is 0 Å². The monoisotopic (exact) mass is 434 g/mol. The van der Waals surface area contributed by atoms with Crippen LogP contribution in [-0.4, -0.2) is 50.3 Å². The fourth-order valence-electron chi connectivity index (χ4n) is 4.36. The fraction of sp³-hybridized carbons (Fsp3) is 0.524. The van der Waals surface area contributed by atoms with E-state index in [9.17, 15) is 18.1 Å². The number of aryl methyl sites for hydroxylation is 1. The van der Waals surface area contributed by atoms with Crippen LogP contribution in [0.15, 0.2) is 23.1 Å². The van der Waals surface area contributed by atoms with Crippen molar-refractivity contribution in [2.45, 2.75) is 48.5 Å². The molecule has 1 aromatic heterocycles. The topological polar surface area (TPSA) is 78.4 Å². The van der Waals surface area contributed by atoms with Crippen molar-refractivity contribution >= 4 is 22.6 Å². The van der Waals surface area contributed by atoms with Crippen LogP contribution >= 0.6 is 0 Å². The molecule has 1 saturated heterocycles. The average Bonchev–Trinajstić information content (AvgIpc) is 3.42. The third kappa shape index (κ3) is 3.58. The van der Waals surface area contributed by atoms with E-state index >= 15 is 0 Å². The van der Waals surface area contributed by atoms with Crippen LogP contribution in [0.3, 0.4) is 0 Å². The SMILES string of the molecule is O=S1CCc2nc(N3CCC(c4ccc(F)cc4F)CC3)nc(NC3(CO)CC3)c21. The minimum absolute atomic E-state index is 0.0162. The number of rotatable bonds is 5. The van der Waals surface area contributed by atoms with Crippen molar-refractivity contribution in [3.63, 3.8) is 0 Å². The molecule has 5 rings (SSSR count). The Morgan fingerprint density at radius 3 is 2.67 bits per heavy atom. The van der Waals surface area contributed by atoms with Gasteiger partial charge in [-0.2, -0.15) is 4.98 Å². The quantitative estimate of drug-likeness (QED) is 0.754. The minimum atomic E-state index is -1.13. The Balaban J connectivity index is 1.37. The number of aromatic nitrogens is 2.